The molecule has 0 amide bonds. The van der Waals surface area contributed by atoms with Crippen molar-refractivity contribution in [2.24, 2.45) is 0 Å². The Morgan fingerprint density at radius 3 is 2.82 bits per heavy atom. The molecule has 0 saturated heterocycles. The normalized spacial score (nSPS) is 10.5. The standard InChI is InChI=1S/C13H14N2O2/c1-3-15-9(2)11(13(16)17)7-12(15)10-5-4-6-14-8-10/h4-8H,3H2,1-2H3,(H,16,17). The Morgan fingerprint density at radius 2 is 2.29 bits per heavy atom. The van der Waals surface area contributed by atoms with Crippen LogP contribution in [0.3, 0.4) is 0 Å². The Morgan fingerprint density at radius 1 is 1.53 bits per heavy atom. The number of carboxylic acid groups (broad SMARTS) is 1. The van der Waals surface area contributed by atoms with E-state index in [-0.39, 0.29) is 0 Å². The molecule has 2 rings (SSSR count). The number of nitrogens with zero attached hydrogens (tertiary/aromatic N) is 2. The van der Waals surface area contributed by atoms with Crippen LogP contribution in [0.25, 0.3) is 11.3 Å². The van der Waals surface area contributed by atoms with Gasteiger partial charge in [-0.25, -0.2) is 4.79 Å². The molecule has 4 nitrogen and oxygen atoms in total. The largest absolute Gasteiger partial charge is 0.478 e. The summed E-state index contributed by atoms with van der Waals surface area (Å²) in [6.45, 7) is 4.56. The molecule has 0 saturated carbocycles. The van der Waals surface area contributed by atoms with Crippen LogP contribution in [0.5, 0.6) is 0 Å². The molecule has 0 radical (unpaired) electrons. The van der Waals surface area contributed by atoms with Crippen LogP contribution in [0.1, 0.15) is 23.0 Å². The molecule has 0 aliphatic carbocycles. The highest BCUT2D eigenvalue weighted by molar-refractivity contribution is 5.91. The number of carbonyl (C=O) groups is 1. The van der Waals surface area contributed by atoms with Gasteiger partial charge in [0.05, 0.1) is 11.3 Å². The van der Waals surface area contributed by atoms with E-state index in [0.29, 0.717) is 5.56 Å². The van der Waals surface area contributed by atoms with Gasteiger partial charge in [-0.3, -0.25) is 4.98 Å². The molecule has 0 aliphatic rings. The highest BCUT2D eigenvalue weighted by Gasteiger charge is 2.16. The quantitative estimate of drug-likeness (QED) is 0.881. The molecule has 2 aromatic rings. The van der Waals surface area contributed by atoms with Gasteiger partial charge >= 0.3 is 5.97 Å². The van der Waals surface area contributed by atoms with Crippen LogP contribution in [0, 0.1) is 6.92 Å². The molecule has 4 heteroatoms. The van der Waals surface area contributed by atoms with Crippen molar-refractivity contribution in [1.82, 2.24) is 9.55 Å². The fourth-order valence-corrected chi connectivity index (χ4v) is 2.02. The molecule has 0 atom stereocenters. The maximum Gasteiger partial charge on any atom is 0.337 e. The summed E-state index contributed by atoms with van der Waals surface area (Å²) < 4.78 is 1.99. The number of aromatic nitrogens is 2. The third kappa shape index (κ3) is 1.93. The van der Waals surface area contributed by atoms with Crippen LogP contribution < -0.4 is 0 Å². The van der Waals surface area contributed by atoms with Gasteiger partial charge in [0.1, 0.15) is 0 Å². The fourth-order valence-electron chi connectivity index (χ4n) is 2.02. The van der Waals surface area contributed by atoms with Gasteiger partial charge in [-0.1, -0.05) is 0 Å². The van der Waals surface area contributed by atoms with E-state index in [9.17, 15) is 4.79 Å². The zero-order chi connectivity index (χ0) is 12.4. The Balaban J connectivity index is 2.62. The summed E-state index contributed by atoms with van der Waals surface area (Å²) in [5.74, 6) is -0.889. The van der Waals surface area contributed by atoms with E-state index in [4.69, 9.17) is 5.11 Å². The molecule has 0 fully saturated rings. The number of hydrogen-bond acceptors (Lipinski definition) is 2. The van der Waals surface area contributed by atoms with Crippen molar-refractivity contribution in [1.29, 1.82) is 0 Å². The molecule has 17 heavy (non-hydrogen) atoms. The van der Waals surface area contributed by atoms with Gasteiger partial charge in [0.25, 0.3) is 0 Å². The molecule has 0 unspecified atom stereocenters. The molecule has 0 spiro atoms. The zero-order valence-electron chi connectivity index (χ0n) is 9.84. The summed E-state index contributed by atoms with van der Waals surface area (Å²) in [6.07, 6.45) is 3.44. The predicted octanol–water partition coefficient (Wildman–Crippen LogP) is 2.58. The van der Waals surface area contributed by atoms with Gasteiger partial charge < -0.3 is 9.67 Å². The average molecular weight is 230 g/mol. The summed E-state index contributed by atoms with van der Waals surface area (Å²) in [6, 6.07) is 5.48. The first-order chi connectivity index (χ1) is 8.15. The minimum atomic E-state index is -0.889. The average Bonchev–Trinajstić information content (AvgIpc) is 2.67. The number of hydrogen-bond donors (Lipinski definition) is 1. The molecular formula is C13H14N2O2. The predicted molar refractivity (Wildman–Crippen MR) is 65.0 cm³/mol. The van der Waals surface area contributed by atoms with Crippen molar-refractivity contribution < 1.29 is 9.90 Å². The van der Waals surface area contributed by atoms with Crippen LogP contribution in [0.4, 0.5) is 0 Å². The number of pyridine rings is 1. The lowest BCUT2D eigenvalue weighted by atomic mass is 10.2. The highest BCUT2D eigenvalue weighted by Crippen LogP contribution is 2.25. The van der Waals surface area contributed by atoms with E-state index in [0.717, 1.165) is 23.5 Å². The van der Waals surface area contributed by atoms with Crippen molar-refractivity contribution in [3.05, 3.63) is 41.9 Å². The minimum absolute atomic E-state index is 0.353. The summed E-state index contributed by atoms with van der Waals surface area (Å²) in [5.41, 5.74) is 2.96. The van der Waals surface area contributed by atoms with Gasteiger partial charge in [-0.15, -0.1) is 0 Å². The molecule has 0 bridgehead atoms. The first kappa shape index (κ1) is 11.4. The van der Waals surface area contributed by atoms with E-state index >= 15 is 0 Å². The van der Waals surface area contributed by atoms with Crippen LogP contribution in [0.2, 0.25) is 0 Å². The van der Waals surface area contributed by atoms with Crippen LogP contribution in [0.15, 0.2) is 30.6 Å². The smallest absolute Gasteiger partial charge is 0.337 e. The molecule has 88 valence electrons. The first-order valence-corrected chi connectivity index (χ1v) is 5.49. The van der Waals surface area contributed by atoms with Crippen molar-refractivity contribution in [2.45, 2.75) is 20.4 Å². The second kappa shape index (κ2) is 4.41. The van der Waals surface area contributed by atoms with E-state index in [1.165, 1.54) is 0 Å². The van der Waals surface area contributed by atoms with Crippen molar-refractivity contribution >= 4 is 5.97 Å². The monoisotopic (exact) mass is 230 g/mol. The molecule has 0 aliphatic heterocycles. The second-order valence-electron chi connectivity index (χ2n) is 3.82. The van der Waals surface area contributed by atoms with Gasteiger partial charge in [0, 0.05) is 30.2 Å². The highest BCUT2D eigenvalue weighted by atomic mass is 16.4. The van der Waals surface area contributed by atoms with Crippen molar-refractivity contribution in [2.75, 3.05) is 0 Å². The molecule has 0 aromatic carbocycles. The lowest BCUT2D eigenvalue weighted by Gasteiger charge is -2.08. The lowest BCUT2D eigenvalue weighted by molar-refractivity contribution is 0.0696. The van der Waals surface area contributed by atoms with E-state index in [1.807, 2.05) is 30.5 Å². The third-order valence-electron chi connectivity index (χ3n) is 2.87. The zero-order valence-corrected chi connectivity index (χ0v) is 9.84. The molecule has 2 heterocycles. The minimum Gasteiger partial charge on any atom is -0.478 e. The SMILES string of the molecule is CCn1c(-c2cccnc2)cc(C(=O)O)c1C. The van der Waals surface area contributed by atoms with Crippen molar-refractivity contribution in [3.63, 3.8) is 0 Å². The van der Waals surface area contributed by atoms with Gasteiger partial charge in [0.15, 0.2) is 0 Å². The van der Waals surface area contributed by atoms with Crippen LogP contribution in [-0.4, -0.2) is 20.6 Å². The Bertz CT molecular complexity index is 544. The molecule has 1 N–H and O–H groups in total. The third-order valence-corrected chi connectivity index (χ3v) is 2.87. The topological polar surface area (TPSA) is 55.1 Å². The maximum atomic E-state index is 11.1. The Hall–Kier alpha value is -2.10. The van der Waals surface area contributed by atoms with Gasteiger partial charge in [-0.2, -0.15) is 0 Å². The second-order valence-corrected chi connectivity index (χ2v) is 3.82. The number of carboxylic acids is 1. The van der Waals surface area contributed by atoms with Crippen LogP contribution in [-0.2, 0) is 6.54 Å². The Kier molecular flexibility index (Phi) is 2.95. The summed E-state index contributed by atoms with van der Waals surface area (Å²) in [7, 11) is 0. The van der Waals surface area contributed by atoms with Crippen molar-refractivity contribution in [3.8, 4) is 11.3 Å². The van der Waals surface area contributed by atoms with E-state index in [2.05, 4.69) is 4.98 Å². The fraction of sp³-hybridized carbons (Fsp3) is 0.231. The van der Waals surface area contributed by atoms with Crippen LogP contribution >= 0.6 is 0 Å². The molecular weight excluding hydrogens is 216 g/mol. The summed E-state index contributed by atoms with van der Waals surface area (Å²) in [5, 5.41) is 9.12. The Labute approximate surface area is 99.5 Å². The first-order valence-electron chi connectivity index (χ1n) is 5.49. The van der Waals surface area contributed by atoms with Gasteiger partial charge in [0.2, 0.25) is 0 Å². The molecule has 2 aromatic heterocycles. The maximum absolute atomic E-state index is 11.1. The van der Waals surface area contributed by atoms with Gasteiger partial charge in [-0.05, 0) is 32.0 Å². The lowest BCUT2D eigenvalue weighted by Crippen LogP contribution is -2.02. The van der Waals surface area contributed by atoms with E-state index in [1.54, 1.807) is 18.5 Å². The number of aromatic carboxylic acids is 1. The summed E-state index contributed by atoms with van der Waals surface area (Å²) in [4.78, 5) is 15.2. The van der Waals surface area contributed by atoms with E-state index < -0.39 is 5.97 Å². The number of rotatable bonds is 3. The summed E-state index contributed by atoms with van der Waals surface area (Å²) >= 11 is 0.